The normalized spacial score (nSPS) is 11.3. The molecule has 8 aromatic carbocycles. The fraction of sp³-hybridized carbons (Fsp3) is 0. The zero-order chi connectivity index (χ0) is 27.9. The van der Waals surface area contributed by atoms with Gasteiger partial charge in [-0.2, -0.15) is 0 Å². The topological polar surface area (TPSA) is 6.48 Å². The standard InChI is InChI=1S/C40H28N2/c1-5-17-31(18-6-1)41(32-19-7-2-8-20-32)37-27-29-15-14-26-36-38(28-30-16-13-25-35(37)39(30)40(29)36)42(33-21-9-3-10-22-33)34-23-11-4-12-24-34/h1-28H. The van der Waals surface area contributed by atoms with E-state index in [2.05, 4.69) is 180 Å². The highest BCUT2D eigenvalue weighted by molar-refractivity contribution is 6.29. The van der Waals surface area contributed by atoms with Crippen molar-refractivity contribution in [2.45, 2.75) is 0 Å². The van der Waals surface area contributed by atoms with Crippen molar-refractivity contribution in [1.29, 1.82) is 0 Å². The van der Waals surface area contributed by atoms with Crippen molar-refractivity contribution in [1.82, 2.24) is 0 Å². The lowest BCUT2D eigenvalue weighted by atomic mass is 9.91. The van der Waals surface area contributed by atoms with Gasteiger partial charge in [-0.25, -0.2) is 0 Å². The molecule has 0 fully saturated rings. The van der Waals surface area contributed by atoms with E-state index in [1.54, 1.807) is 0 Å². The Balaban J connectivity index is 1.45. The van der Waals surface area contributed by atoms with Crippen molar-refractivity contribution in [2.75, 3.05) is 9.80 Å². The van der Waals surface area contributed by atoms with Crippen LogP contribution in [0.25, 0.3) is 32.3 Å². The van der Waals surface area contributed by atoms with E-state index in [0.29, 0.717) is 0 Å². The second-order valence-electron chi connectivity index (χ2n) is 10.6. The zero-order valence-electron chi connectivity index (χ0n) is 23.1. The highest BCUT2D eigenvalue weighted by atomic mass is 15.1. The molecule has 8 aromatic rings. The number of hydrogen-bond acceptors (Lipinski definition) is 2. The molecule has 0 unspecified atom stereocenters. The molecule has 0 saturated heterocycles. The fourth-order valence-corrected chi connectivity index (χ4v) is 6.35. The molecule has 0 aromatic heterocycles. The Kier molecular flexibility index (Phi) is 5.82. The summed E-state index contributed by atoms with van der Waals surface area (Å²) in [5.41, 5.74) is 6.90. The minimum absolute atomic E-state index is 1.14. The van der Waals surface area contributed by atoms with Crippen LogP contribution in [0, 0.1) is 0 Å². The van der Waals surface area contributed by atoms with E-state index in [1.165, 1.54) is 43.7 Å². The maximum atomic E-state index is 2.38. The SMILES string of the molecule is c1ccc(N(c2ccccc2)c2cc3cccc4c(N(c5ccccc5)c5ccccc5)cc5cccc2c5c34)cc1. The van der Waals surface area contributed by atoms with Gasteiger partial charge in [0.1, 0.15) is 0 Å². The van der Waals surface area contributed by atoms with Crippen LogP contribution in [0.3, 0.4) is 0 Å². The molecule has 0 amide bonds. The Morgan fingerprint density at radius 3 is 0.905 bits per heavy atom. The van der Waals surface area contributed by atoms with Gasteiger partial charge in [-0.15, -0.1) is 0 Å². The molecule has 0 N–H and O–H groups in total. The number of para-hydroxylation sites is 4. The molecule has 2 heteroatoms. The first-order valence-electron chi connectivity index (χ1n) is 14.4. The van der Waals surface area contributed by atoms with Crippen LogP contribution in [0.2, 0.25) is 0 Å². The zero-order valence-corrected chi connectivity index (χ0v) is 23.1. The third-order valence-corrected chi connectivity index (χ3v) is 8.12. The molecule has 198 valence electrons. The van der Waals surface area contributed by atoms with Gasteiger partial charge in [0.15, 0.2) is 0 Å². The first kappa shape index (κ1) is 24.2. The second-order valence-corrected chi connectivity index (χ2v) is 10.6. The quantitative estimate of drug-likeness (QED) is 0.195. The molecular formula is C40H28N2. The minimum Gasteiger partial charge on any atom is -0.310 e. The van der Waals surface area contributed by atoms with Crippen molar-refractivity contribution in [3.63, 3.8) is 0 Å². The predicted octanol–water partition coefficient (Wildman–Crippen LogP) is 11.5. The lowest BCUT2D eigenvalue weighted by Gasteiger charge is -2.30. The van der Waals surface area contributed by atoms with Crippen LogP contribution >= 0.6 is 0 Å². The van der Waals surface area contributed by atoms with Crippen molar-refractivity contribution >= 4 is 66.4 Å². The molecule has 0 aliphatic heterocycles. The smallest absolute Gasteiger partial charge is 0.0546 e. The Hall–Kier alpha value is -5.60. The van der Waals surface area contributed by atoms with E-state index in [0.717, 1.165) is 22.7 Å². The Morgan fingerprint density at radius 2 is 0.595 bits per heavy atom. The van der Waals surface area contributed by atoms with Gasteiger partial charge in [0.2, 0.25) is 0 Å². The van der Waals surface area contributed by atoms with Gasteiger partial charge < -0.3 is 9.80 Å². The first-order valence-corrected chi connectivity index (χ1v) is 14.4. The lowest BCUT2D eigenvalue weighted by molar-refractivity contribution is 1.30. The molecule has 8 rings (SSSR count). The van der Waals surface area contributed by atoms with E-state index in [9.17, 15) is 0 Å². The highest BCUT2D eigenvalue weighted by Crippen LogP contribution is 2.48. The predicted molar refractivity (Wildman–Crippen MR) is 180 cm³/mol. The minimum atomic E-state index is 1.14. The maximum Gasteiger partial charge on any atom is 0.0546 e. The summed E-state index contributed by atoms with van der Waals surface area (Å²) in [5.74, 6) is 0. The van der Waals surface area contributed by atoms with Gasteiger partial charge in [0.05, 0.1) is 11.4 Å². The van der Waals surface area contributed by atoms with Crippen LogP contribution in [0.5, 0.6) is 0 Å². The van der Waals surface area contributed by atoms with E-state index in [1.807, 2.05) is 0 Å². The van der Waals surface area contributed by atoms with E-state index >= 15 is 0 Å². The van der Waals surface area contributed by atoms with Crippen LogP contribution in [-0.2, 0) is 0 Å². The van der Waals surface area contributed by atoms with Crippen LogP contribution in [0.1, 0.15) is 0 Å². The third-order valence-electron chi connectivity index (χ3n) is 8.12. The van der Waals surface area contributed by atoms with Gasteiger partial charge >= 0.3 is 0 Å². The number of rotatable bonds is 6. The van der Waals surface area contributed by atoms with Crippen LogP contribution in [0.4, 0.5) is 34.1 Å². The van der Waals surface area contributed by atoms with Gasteiger partial charge in [-0.3, -0.25) is 0 Å². The molecule has 0 aliphatic rings. The van der Waals surface area contributed by atoms with Gasteiger partial charge in [0, 0.05) is 33.5 Å². The van der Waals surface area contributed by atoms with Crippen LogP contribution in [0.15, 0.2) is 170 Å². The first-order chi connectivity index (χ1) is 20.9. The number of hydrogen-bond donors (Lipinski definition) is 0. The molecule has 0 aliphatic carbocycles. The molecule has 0 bridgehead atoms. The molecule has 0 atom stereocenters. The molecule has 0 heterocycles. The molecule has 0 saturated carbocycles. The average molecular weight is 537 g/mol. The fourth-order valence-electron chi connectivity index (χ4n) is 6.35. The number of nitrogens with zero attached hydrogens (tertiary/aromatic N) is 2. The molecular weight excluding hydrogens is 508 g/mol. The Morgan fingerprint density at radius 1 is 0.286 bits per heavy atom. The molecule has 0 spiro atoms. The van der Waals surface area contributed by atoms with Crippen LogP contribution in [-0.4, -0.2) is 0 Å². The summed E-state index contributed by atoms with van der Waals surface area (Å²) in [4.78, 5) is 4.76. The second kappa shape index (κ2) is 10.1. The summed E-state index contributed by atoms with van der Waals surface area (Å²) in [6.45, 7) is 0. The van der Waals surface area contributed by atoms with Crippen molar-refractivity contribution < 1.29 is 0 Å². The molecule has 2 nitrogen and oxygen atoms in total. The largest absolute Gasteiger partial charge is 0.310 e. The van der Waals surface area contributed by atoms with Crippen molar-refractivity contribution in [3.05, 3.63) is 170 Å². The molecule has 42 heavy (non-hydrogen) atoms. The average Bonchev–Trinajstić information content (AvgIpc) is 3.06. The van der Waals surface area contributed by atoms with Crippen molar-refractivity contribution in [2.24, 2.45) is 0 Å². The number of benzene rings is 8. The summed E-state index contributed by atoms with van der Waals surface area (Å²) in [6.07, 6.45) is 0. The number of anilines is 6. The third kappa shape index (κ3) is 3.96. The summed E-state index contributed by atoms with van der Waals surface area (Å²) < 4.78 is 0. The van der Waals surface area contributed by atoms with E-state index < -0.39 is 0 Å². The van der Waals surface area contributed by atoms with E-state index in [4.69, 9.17) is 0 Å². The van der Waals surface area contributed by atoms with Crippen LogP contribution < -0.4 is 9.80 Å². The van der Waals surface area contributed by atoms with Gasteiger partial charge in [0.25, 0.3) is 0 Å². The summed E-state index contributed by atoms with van der Waals surface area (Å²) in [6, 6.07) is 60.8. The Labute approximate surface area is 245 Å². The Bertz CT molecular complexity index is 1890. The maximum absolute atomic E-state index is 2.38. The highest BCUT2D eigenvalue weighted by Gasteiger charge is 2.22. The van der Waals surface area contributed by atoms with Crippen molar-refractivity contribution in [3.8, 4) is 0 Å². The summed E-state index contributed by atoms with van der Waals surface area (Å²) >= 11 is 0. The van der Waals surface area contributed by atoms with Gasteiger partial charge in [-0.05, 0) is 82.2 Å². The molecule has 0 radical (unpaired) electrons. The monoisotopic (exact) mass is 536 g/mol. The summed E-state index contributed by atoms with van der Waals surface area (Å²) in [5, 5.41) is 7.52. The van der Waals surface area contributed by atoms with E-state index in [-0.39, 0.29) is 0 Å². The summed E-state index contributed by atoms with van der Waals surface area (Å²) in [7, 11) is 0. The van der Waals surface area contributed by atoms with Gasteiger partial charge in [-0.1, -0.05) is 109 Å². The lowest BCUT2D eigenvalue weighted by Crippen LogP contribution is -2.12.